The fraction of sp³-hybridized carbons (Fsp3) is 0.462. The van der Waals surface area contributed by atoms with Gasteiger partial charge in [0.2, 0.25) is 0 Å². The highest BCUT2D eigenvalue weighted by Gasteiger charge is 2.14. The average molecular weight is 222 g/mol. The molecule has 0 bridgehead atoms. The van der Waals surface area contributed by atoms with Crippen molar-refractivity contribution in [1.82, 2.24) is 0 Å². The van der Waals surface area contributed by atoms with Crippen molar-refractivity contribution in [2.24, 2.45) is 5.92 Å². The maximum absolute atomic E-state index is 11.2. The number of esters is 1. The molecule has 1 aromatic rings. The number of aryl methyl sites for hydroxylation is 1. The monoisotopic (exact) mass is 222 g/mol. The minimum Gasteiger partial charge on any atom is -0.492 e. The van der Waals surface area contributed by atoms with Crippen molar-refractivity contribution in [3.63, 3.8) is 0 Å². The molecule has 0 aliphatic carbocycles. The molecule has 0 fully saturated rings. The summed E-state index contributed by atoms with van der Waals surface area (Å²) in [6, 6.07) is 5.89. The molecule has 0 saturated carbocycles. The van der Waals surface area contributed by atoms with E-state index in [4.69, 9.17) is 4.74 Å². The second kappa shape index (κ2) is 5.54. The number of carbonyl (C=O) groups excluding carboxylic acids is 1. The van der Waals surface area contributed by atoms with Gasteiger partial charge in [-0.05, 0) is 38.0 Å². The highest BCUT2D eigenvalue weighted by Crippen LogP contribution is 2.21. The number of methoxy groups -OCH3 is 1. The molecular weight excluding hydrogens is 204 g/mol. The maximum Gasteiger partial charge on any atom is 0.311 e. The van der Waals surface area contributed by atoms with E-state index in [1.165, 1.54) is 12.7 Å². The van der Waals surface area contributed by atoms with Crippen molar-refractivity contribution in [2.75, 3.05) is 13.7 Å². The van der Waals surface area contributed by atoms with Gasteiger partial charge in [-0.15, -0.1) is 0 Å². The lowest BCUT2D eigenvalue weighted by atomic mass is 10.1. The van der Waals surface area contributed by atoms with Crippen LogP contribution in [0.4, 0.5) is 0 Å². The van der Waals surface area contributed by atoms with Crippen LogP contribution in [0.25, 0.3) is 0 Å². The van der Waals surface area contributed by atoms with Gasteiger partial charge in [-0.2, -0.15) is 0 Å². The minimum atomic E-state index is -0.245. The van der Waals surface area contributed by atoms with Gasteiger partial charge in [0.05, 0.1) is 13.0 Å². The van der Waals surface area contributed by atoms with E-state index in [0.717, 1.165) is 11.3 Å². The van der Waals surface area contributed by atoms with Gasteiger partial charge in [0.15, 0.2) is 0 Å². The molecule has 0 N–H and O–H groups in total. The molecule has 0 aliphatic heterocycles. The maximum atomic E-state index is 11.2. The Morgan fingerprint density at radius 2 is 2.06 bits per heavy atom. The Hall–Kier alpha value is -1.51. The SMILES string of the molecule is COC(=O)C(C)COc1cccc(C)c1C. The van der Waals surface area contributed by atoms with E-state index in [9.17, 15) is 4.79 Å². The number of benzene rings is 1. The number of hydrogen-bond donors (Lipinski definition) is 0. The van der Waals surface area contributed by atoms with Crippen LogP contribution in [0.15, 0.2) is 18.2 Å². The molecule has 1 atom stereocenters. The predicted molar refractivity (Wildman–Crippen MR) is 62.6 cm³/mol. The molecule has 0 radical (unpaired) electrons. The van der Waals surface area contributed by atoms with Gasteiger partial charge in [0.25, 0.3) is 0 Å². The van der Waals surface area contributed by atoms with Crippen LogP contribution in [0, 0.1) is 19.8 Å². The van der Waals surface area contributed by atoms with Crippen LogP contribution >= 0.6 is 0 Å². The van der Waals surface area contributed by atoms with Crippen molar-refractivity contribution < 1.29 is 14.3 Å². The van der Waals surface area contributed by atoms with Gasteiger partial charge in [-0.3, -0.25) is 4.79 Å². The third-order valence-electron chi connectivity index (χ3n) is 2.65. The van der Waals surface area contributed by atoms with E-state index in [1.54, 1.807) is 6.92 Å². The molecule has 88 valence electrons. The van der Waals surface area contributed by atoms with Crippen LogP contribution in [0.3, 0.4) is 0 Å². The molecule has 0 heterocycles. The second-order valence-corrected chi connectivity index (χ2v) is 3.93. The van der Waals surface area contributed by atoms with Crippen LogP contribution in [0.5, 0.6) is 5.75 Å². The molecule has 3 heteroatoms. The molecule has 0 amide bonds. The summed E-state index contributed by atoms with van der Waals surface area (Å²) in [5, 5.41) is 0. The number of hydrogen-bond acceptors (Lipinski definition) is 3. The van der Waals surface area contributed by atoms with Gasteiger partial charge in [-0.1, -0.05) is 12.1 Å². The van der Waals surface area contributed by atoms with Crippen molar-refractivity contribution in [2.45, 2.75) is 20.8 Å². The fourth-order valence-electron chi connectivity index (χ4n) is 1.36. The summed E-state index contributed by atoms with van der Waals surface area (Å²) in [4.78, 5) is 11.2. The zero-order valence-electron chi connectivity index (χ0n) is 10.2. The topological polar surface area (TPSA) is 35.5 Å². The molecule has 0 saturated heterocycles. The Kier molecular flexibility index (Phi) is 4.35. The number of rotatable bonds is 4. The number of ether oxygens (including phenoxy) is 2. The number of carbonyl (C=O) groups is 1. The second-order valence-electron chi connectivity index (χ2n) is 3.93. The van der Waals surface area contributed by atoms with Crippen molar-refractivity contribution in [3.05, 3.63) is 29.3 Å². The third-order valence-corrected chi connectivity index (χ3v) is 2.65. The summed E-state index contributed by atoms with van der Waals surface area (Å²) >= 11 is 0. The third kappa shape index (κ3) is 2.99. The van der Waals surface area contributed by atoms with Gasteiger partial charge >= 0.3 is 5.97 Å². The van der Waals surface area contributed by atoms with E-state index in [1.807, 2.05) is 32.0 Å². The lowest BCUT2D eigenvalue weighted by Gasteiger charge is -2.13. The van der Waals surface area contributed by atoms with Crippen LogP contribution in [0.1, 0.15) is 18.1 Å². The first-order valence-corrected chi connectivity index (χ1v) is 5.33. The van der Waals surface area contributed by atoms with Crippen LogP contribution < -0.4 is 4.74 Å². The van der Waals surface area contributed by atoms with Crippen LogP contribution in [-0.4, -0.2) is 19.7 Å². The smallest absolute Gasteiger partial charge is 0.311 e. The normalized spacial score (nSPS) is 12.0. The summed E-state index contributed by atoms with van der Waals surface area (Å²) < 4.78 is 10.2. The summed E-state index contributed by atoms with van der Waals surface area (Å²) in [6.07, 6.45) is 0. The highest BCUT2D eigenvalue weighted by molar-refractivity contribution is 5.71. The molecule has 0 spiro atoms. The standard InChI is InChI=1S/C13H18O3/c1-9-6-5-7-12(11(9)3)16-8-10(2)13(14)15-4/h5-7,10H,8H2,1-4H3. The first-order chi connectivity index (χ1) is 7.56. The Bertz CT molecular complexity index is 371. The van der Waals surface area contributed by atoms with Gasteiger partial charge < -0.3 is 9.47 Å². The first kappa shape index (κ1) is 12.6. The van der Waals surface area contributed by atoms with Crippen molar-refractivity contribution in [1.29, 1.82) is 0 Å². The lowest BCUT2D eigenvalue weighted by molar-refractivity contribution is -0.145. The summed E-state index contributed by atoms with van der Waals surface area (Å²) in [5.41, 5.74) is 2.29. The molecular formula is C13H18O3. The molecule has 16 heavy (non-hydrogen) atoms. The summed E-state index contributed by atoms with van der Waals surface area (Å²) in [7, 11) is 1.39. The molecule has 1 unspecified atom stereocenters. The Balaban J connectivity index is 2.61. The zero-order chi connectivity index (χ0) is 12.1. The average Bonchev–Trinajstić information content (AvgIpc) is 2.29. The molecule has 0 aliphatic rings. The summed E-state index contributed by atoms with van der Waals surface area (Å²) in [6.45, 7) is 6.17. The molecule has 0 aromatic heterocycles. The van der Waals surface area contributed by atoms with Gasteiger partial charge in [0.1, 0.15) is 12.4 Å². The van der Waals surface area contributed by atoms with Gasteiger partial charge in [-0.25, -0.2) is 0 Å². The van der Waals surface area contributed by atoms with E-state index >= 15 is 0 Å². The predicted octanol–water partition coefficient (Wildman–Crippen LogP) is 2.49. The lowest BCUT2D eigenvalue weighted by Crippen LogP contribution is -2.20. The van der Waals surface area contributed by atoms with Gasteiger partial charge in [0, 0.05) is 0 Å². The van der Waals surface area contributed by atoms with Crippen molar-refractivity contribution >= 4 is 5.97 Å². The first-order valence-electron chi connectivity index (χ1n) is 5.33. The fourth-order valence-corrected chi connectivity index (χ4v) is 1.36. The largest absolute Gasteiger partial charge is 0.492 e. The van der Waals surface area contributed by atoms with Crippen LogP contribution in [0.2, 0.25) is 0 Å². The highest BCUT2D eigenvalue weighted by atomic mass is 16.5. The Labute approximate surface area is 96.4 Å². The van der Waals surface area contributed by atoms with E-state index in [0.29, 0.717) is 6.61 Å². The Morgan fingerprint density at radius 1 is 1.38 bits per heavy atom. The Morgan fingerprint density at radius 3 is 2.69 bits per heavy atom. The summed E-state index contributed by atoms with van der Waals surface area (Å²) in [5.74, 6) is 0.339. The minimum absolute atomic E-state index is 0.245. The van der Waals surface area contributed by atoms with Crippen LogP contribution in [-0.2, 0) is 9.53 Å². The quantitative estimate of drug-likeness (QED) is 0.734. The van der Waals surface area contributed by atoms with E-state index < -0.39 is 0 Å². The molecule has 1 rings (SSSR count). The van der Waals surface area contributed by atoms with Crippen molar-refractivity contribution in [3.8, 4) is 5.75 Å². The molecule has 1 aromatic carbocycles. The van der Waals surface area contributed by atoms with E-state index in [-0.39, 0.29) is 11.9 Å². The van der Waals surface area contributed by atoms with E-state index in [2.05, 4.69) is 4.74 Å². The zero-order valence-corrected chi connectivity index (χ0v) is 10.2. The molecule has 3 nitrogen and oxygen atoms in total.